The summed E-state index contributed by atoms with van der Waals surface area (Å²) < 4.78 is 1.77. The lowest BCUT2D eigenvalue weighted by molar-refractivity contribution is -0.116. The molecule has 11 nitrogen and oxygen atoms in total. The Labute approximate surface area is 245 Å². The van der Waals surface area contributed by atoms with E-state index >= 15 is 0 Å². The molecular weight excluding hydrogens is 559 g/mol. The summed E-state index contributed by atoms with van der Waals surface area (Å²) in [6.45, 7) is 0.642. The van der Waals surface area contributed by atoms with Crippen LogP contribution in [0.3, 0.4) is 0 Å². The SMILES string of the molecule is O=C(CCc1cn(Cc2ccccc2)nn1)Nc1nnc(CCCCc2nnc(NC(=O)Cc3ccccc3)s2)s1. The molecule has 3 aromatic heterocycles. The lowest BCUT2D eigenvalue weighted by atomic mass is 10.1. The molecule has 0 aliphatic heterocycles. The van der Waals surface area contributed by atoms with Gasteiger partial charge in [-0.15, -0.1) is 25.5 Å². The van der Waals surface area contributed by atoms with Crippen molar-refractivity contribution >= 4 is 44.8 Å². The maximum Gasteiger partial charge on any atom is 0.230 e. The van der Waals surface area contributed by atoms with Crippen LogP contribution in [0.2, 0.25) is 0 Å². The number of nitrogens with one attached hydrogen (secondary N) is 2. The van der Waals surface area contributed by atoms with Gasteiger partial charge in [-0.2, -0.15) is 0 Å². The lowest BCUT2D eigenvalue weighted by Gasteiger charge is -2.00. The maximum absolute atomic E-state index is 12.4. The molecule has 13 heteroatoms. The van der Waals surface area contributed by atoms with Gasteiger partial charge in [-0.1, -0.05) is 88.6 Å². The molecule has 210 valence electrons. The first-order valence-electron chi connectivity index (χ1n) is 13.3. The number of nitrogens with zero attached hydrogens (tertiary/aromatic N) is 7. The highest BCUT2D eigenvalue weighted by Crippen LogP contribution is 2.20. The topological polar surface area (TPSA) is 140 Å². The third kappa shape index (κ3) is 9.08. The van der Waals surface area contributed by atoms with Crippen LogP contribution in [0.5, 0.6) is 0 Å². The normalized spacial score (nSPS) is 10.9. The highest BCUT2D eigenvalue weighted by Gasteiger charge is 2.12. The van der Waals surface area contributed by atoms with E-state index in [1.165, 1.54) is 22.7 Å². The molecule has 0 atom stereocenters. The number of carbonyl (C=O) groups is 2. The molecule has 0 aliphatic rings. The standard InChI is InChI=1S/C28H29N9O2S2/c38-23(16-15-22-19-37(36-31-22)18-21-11-5-2-6-12-21)29-27-34-32-25(40-27)13-7-8-14-26-33-35-28(41-26)30-24(39)17-20-9-3-1-4-10-20/h1-6,9-12,19H,7-8,13-18H2,(H,29,34,38)(H,30,35,39). The van der Waals surface area contributed by atoms with Crippen molar-refractivity contribution in [3.8, 4) is 0 Å². The van der Waals surface area contributed by atoms with Gasteiger partial charge in [-0.25, -0.2) is 4.68 Å². The summed E-state index contributed by atoms with van der Waals surface area (Å²) in [7, 11) is 0. The van der Waals surface area contributed by atoms with E-state index in [2.05, 4.69) is 41.3 Å². The van der Waals surface area contributed by atoms with Gasteiger partial charge in [0.05, 0.1) is 18.7 Å². The Morgan fingerprint density at radius 1 is 0.683 bits per heavy atom. The second kappa shape index (κ2) is 14.3. The number of hydrogen-bond donors (Lipinski definition) is 2. The van der Waals surface area contributed by atoms with Gasteiger partial charge in [0.2, 0.25) is 22.1 Å². The molecule has 3 heterocycles. The molecular formula is C28H29N9O2S2. The monoisotopic (exact) mass is 587 g/mol. The number of rotatable bonds is 14. The summed E-state index contributed by atoms with van der Waals surface area (Å²) in [5.74, 6) is -0.238. The molecule has 2 amide bonds. The number of aryl methyl sites for hydroxylation is 3. The Morgan fingerprint density at radius 2 is 1.27 bits per heavy atom. The number of aromatic nitrogens is 7. The van der Waals surface area contributed by atoms with Crippen LogP contribution in [0.1, 0.15) is 46.1 Å². The summed E-state index contributed by atoms with van der Waals surface area (Å²) in [5.41, 5.74) is 2.86. The predicted octanol–water partition coefficient (Wildman–Crippen LogP) is 4.35. The molecule has 5 aromatic rings. The van der Waals surface area contributed by atoms with Crippen LogP contribution in [0.4, 0.5) is 10.3 Å². The largest absolute Gasteiger partial charge is 0.301 e. The van der Waals surface area contributed by atoms with E-state index in [1.807, 2.05) is 66.9 Å². The fourth-order valence-corrected chi connectivity index (χ4v) is 5.63. The molecule has 0 fully saturated rings. The van der Waals surface area contributed by atoms with Gasteiger partial charge in [-0.3, -0.25) is 9.59 Å². The minimum atomic E-state index is -0.131. The highest BCUT2D eigenvalue weighted by atomic mass is 32.1. The van der Waals surface area contributed by atoms with E-state index in [0.29, 0.717) is 29.6 Å². The Bertz CT molecular complexity index is 1550. The van der Waals surface area contributed by atoms with E-state index < -0.39 is 0 Å². The van der Waals surface area contributed by atoms with E-state index in [9.17, 15) is 9.59 Å². The van der Waals surface area contributed by atoms with E-state index in [1.54, 1.807) is 4.68 Å². The van der Waals surface area contributed by atoms with Crippen LogP contribution < -0.4 is 10.6 Å². The first-order chi connectivity index (χ1) is 20.1. The van der Waals surface area contributed by atoms with Crippen LogP contribution in [0.25, 0.3) is 0 Å². The Balaban J connectivity index is 0.973. The fraction of sp³-hybridized carbons (Fsp3) is 0.286. The van der Waals surface area contributed by atoms with E-state index in [4.69, 9.17) is 0 Å². The minimum absolute atomic E-state index is 0.107. The molecule has 0 unspecified atom stereocenters. The number of anilines is 2. The van der Waals surface area contributed by atoms with Crippen molar-refractivity contribution in [1.82, 2.24) is 35.4 Å². The molecule has 0 aliphatic carbocycles. The van der Waals surface area contributed by atoms with Crippen LogP contribution >= 0.6 is 22.7 Å². The summed E-state index contributed by atoms with van der Waals surface area (Å²) in [5, 5.41) is 33.3. The minimum Gasteiger partial charge on any atom is -0.301 e. The number of hydrogen-bond acceptors (Lipinski definition) is 10. The lowest BCUT2D eigenvalue weighted by Crippen LogP contribution is -2.14. The van der Waals surface area contributed by atoms with Crippen LogP contribution in [-0.4, -0.2) is 47.2 Å². The van der Waals surface area contributed by atoms with Crippen LogP contribution in [-0.2, 0) is 41.8 Å². The van der Waals surface area contributed by atoms with Crippen molar-refractivity contribution < 1.29 is 9.59 Å². The van der Waals surface area contributed by atoms with Gasteiger partial charge in [0.25, 0.3) is 0 Å². The Morgan fingerprint density at radius 3 is 1.90 bits per heavy atom. The van der Waals surface area contributed by atoms with Gasteiger partial charge in [0.15, 0.2) is 0 Å². The van der Waals surface area contributed by atoms with Gasteiger partial charge >= 0.3 is 0 Å². The third-order valence-electron chi connectivity index (χ3n) is 6.05. The molecule has 5 rings (SSSR count). The first kappa shape index (κ1) is 28.2. The zero-order valence-electron chi connectivity index (χ0n) is 22.3. The van der Waals surface area contributed by atoms with Crippen molar-refractivity contribution in [1.29, 1.82) is 0 Å². The highest BCUT2D eigenvalue weighted by molar-refractivity contribution is 7.15. The molecule has 2 aromatic carbocycles. The van der Waals surface area contributed by atoms with Gasteiger partial charge in [0.1, 0.15) is 10.0 Å². The van der Waals surface area contributed by atoms with Gasteiger partial charge in [0, 0.05) is 31.9 Å². The van der Waals surface area contributed by atoms with Crippen molar-refractivity contribution in [2.45, 2.75) is 51.5 Å². The van der Waals surface area contributed by atoms with E-state index in [0.717, 1.165) is 52.5 Å². The molecule has 2 N–H and O–H groups in total. The van der Waals surface area contributed by atoms with Crippen molar-refractivity contribution in [3.05, 3.63) is 93.7 Å². The summed E-state index contributed by atoms with van der Waals surface area (Å²) in [6, 6.07) is 19.6. The Hall–Kier alpha value is -4.36. The number of benzene rings is 2. The zero-order valence-corrected chi connectivity index (χ0v) is 23.9. The molecule has 0 saturated heterocycles. The third-order valence-corrected chi connectivity index (χ3v) is 7.84. The fourth-order valence-electron chi connectivity index (χ4n) is 4.03. The molecule has 0 radical (unpaired) electrons. The average Bonchev–Trinajstić information content (AvgIpc) is 3.73. The predicted molar refractivity (Wildman–Crippen MR) is 158 cm³/mol. The number of amides is 2. The summed E-state index contributed by atoms with van der Waals surface area (Å²) in [4.78, 5) is 24.6. The number of carbonyl (C=O) groups excluding carboxylic acids is 2. The summed E-state index contributed by atoms with van der Waals surface area (Å²) in [6.07, 6.45) is 6.29. The maximum atomic E-state index is 12.4. The van der Waals surface area contributed by atoms with E-state index in [-0.39, 0.29) is 18.2 Å². The molecule has 0 spiro atoms. The quantitative estimate of drug-likeness (QED) is 0.183. The summed E-state index contributed by atoms with van der Waals surface area (Å²) >= 11 is 2.78. The molecule has 0 bridgehead atoms. The second-order valence-corrected chi connectivity index (χ2v) is 11.5. The molecule has 0 saturated carbocycles. The Kier molecular flexibility index (Phi) is 9.84. The average molecular weight is 588 g/mol. The number of unbranched alkanes of at least 4 members (excludes halogenated alkanes) is 1. The van der Waals surface area contributed by atoms with Gasteiger partial charge < -0.3 is 10.6 Å². The van der Waals surface area contributed by atoms with Crippen molar-refractivity contribution in [3.63, 3.8) is 0 Å². The van der Waals surface area contributed by atoms with Crippen molar-refractivity contribution in [2.24, 2.45) is 0 Å². The van der Waals surface area contributed by atoms with Crippen LogP contribution in [0.15, 0.2) is 66.9 Å². The smallest absolute Gasteiger partial charge is 0.230 e. The van der Waals surface area contributed by atoms with Crippen molar-refractivity contribution in [2.75, 3.05) is 10.6 Å². The molecule has 41 heavy (non-hydrogen) atoms. The van der Waals surface area contributed by atoms with Gasteiger partial charge in [-0.05, 0) is 24.0 Å². The van der Waals surface area contributed by atoms with Crippen LogP contribution in [0, 0.1) is 0 Å². The zero-order chi connectivity index (χ0) is 28.3. The second-order valence-electron chi connectivity index (χ2n) is 9.36. The first-order valence-corrected chi connectivity index (χ1v) is 14.9.